The molecule has 3 saturated heterocycles. The molecule has 3 fully saturated rings. The second-order valence-corrected chi connectivity index (χ2v) is 7.96. The standard InChI is InChI=1S/C21H25ClN2O2/c1-4-13-11-24-6-5-14(13)8-19(24)21(25)16-7-12(2)23-18-10-17(22)20(26-3)9-15(16)18/h4,7,9-10,13-14,19,21,25H,1,5-6,8,11H2,2-3H3/t13-,14?,19-,21+/m0/s1. The molecule has 0 radical (unpaired) electrons. The molecule has 0 amide bonds. The van der Waals surface area contributed by atoms with Crippen molar-refractivity contribution >= 4 is 22.5 Å². The third-order valence-corrected chi connectivity index (χ3v) is 6.37. The summed E-state index contributed by atoms with van der Waals surface area (Å²) in [6.45, 7) is 7.98. The number of piperidine rings is 3. The van der Waals surface area contributed by atoms with Gasteiger partial charge >= 0.3 is 0 Å². The summed E-state index contributed by atoms with van der Waals surface area (Å²) in [5.74, 6) is 1.77. The molecule has 1 aromatic heterocycles. The van der Waals surface area contributed by atoms with Crippen molar-refractivity contribution < 1.29 is 9.84 Å². The molecule has 5 atom stereocenters. The van der Waals surface area contributed by atoms with E-state index < -0.39 is 6.10 Å². The smallest absolute Gasteiger partial charge is 0.138 e. The van der Waals surface area contributed by atoms with Gasteiger partial charge in [0.25, 0.3) is 0 Å². The van der Waals surface area contributed by atoms with Gasteiger partial charge in [-0.1, -0.05) is 17.7 Å². The fourth-order valence-corrected chi connectivity index (χ4v) is 4.94. The van der Waals surface area contributed by atoms with E-state index in [1.807, 2.05) is 25.1 Å². The van der Waals surface area contributed by atoms with Crippen molar-refractivity contribution in [2.75, 3.05) is 20.2 Å². The maximum absolute atomic E-state index is 11.3. The number of benzene rings is 1. The molecule has 26 heavy (non-hydrogen) atoms. The van der Waals surface area contributed by atoms with Crippen LogP contribution in [-0.2, 0) is 0 Å². The zero-order chi connectivity index (χ0) is 18.4. The fourth-order valence-electron chi connectivity index (χ4n) is 4.71. The van der Waals surface area contributed by atoms with E-state index in [1.54, 1.807) is 7.11 Å². The normalized spacial score (nSPS) is 28.9. The van der Waals surface area contributed by atoms with Gasteiger partial charge in [-0.15, -0.1) is 6.58 Å². The molecule has 0 saturated carbocycles. The van der Waals surface area contributed by atoms with Gasteiger partial charge in [-0.05, 0) is 61.9 Å². The van der Waals surface area contributed by atoms with E-state index >= 15 is 0 Å². The van der Waals surface area contributed by atoms with Gasteiger partial charge in [0.1, 0.15) is 5.75 Å². The summed E-state index contributed by atoms with van der Waals surface area (Å²) in [4.78, 5) is 7.02. The van der Waals surface area contributed by atoms with Gasteiger partial charge in [0.2, 0.25) is 0 Å². The molecule has 2 aromatic rings. The molecule has 2 unspecified atom stereocenters. The van der Waals surface area contributed by atoms with E-state index in [0.717, 1.165) is 41.7 Å². The Kier molecular flexibility index (Phi) is 4.68. The average Bonchev–Trinajstić information content (AvgIpc) is 2.66. The highest BCUT2D eigenvalue weighted by atomic mass is 35.5. The number of hydrogen-bond donors (Lipinski definition) is 1. The maximum atomic E-state index is 11.3. The summed E-state index contributed by atoms with van der Waals surface area (Å²) in [5, 5.41) is 12.8. The number of aliphatic hydroxyl groups is 1. The first-order valence-electron chi connectivity index (χ1n) is 9.21. The molecule has 1 N–H and O–H groups in total. The predicted octanol–water partition coefficient (Wildman–Crippen LogP) is 4.14. The van der Waals surface area contributed by atoms with E-state index in [9.17, 15) is 5.11 Å². The van der Waals surface area contributed by atoms with Crippen LogP contribution in [0.3, 0.4) is 0 Å². The molecule has 138 valence electrons. The highest BCUT2D eigenvalue weighted by molar-refractivity contribution is 6.32. The van der Waals surface area contributed by atoms with E-state index in [4.69, 9.17) is 16.3 Å². The second-order valence-electron chi connectivity index (χ2n) is 7.55. The van der Waals surface area contributed by atoms with Gasteiger partial charge in [-0.25, -0.2) is 0 Å². The third kappa shape index (κ3) is 2.90. The monoisotopic (exact) mass is 372 g/mol. The van der Waals surface area contributed by atoms with Crippen molar-refractivity contribution in [1.29, 1.82) is 0 Å². The van der Waals surface area contributed by atoms with Gasteiger partial charge in [0.05, 0.1) is 23.8 Å². The number of hydrogen-bond acceptors (Lipinski definition) is 4. The Labute approximate surface area is 159 Å². The molecule has 3 aliphatic heterocycles. The molecule has 5 rings (SSSR count). The Morgan fingerprint density at radius 3 is 2.88 bits per heavy atom. The van der Waals surface area contributed by atoms with E-state index in [2.05, 4.69) is 22.5 Å². The maximum Gasteiger partial charge on any atom is 0.138 e. The van der Waals surface area contributed by atoms with Crippen LogP contribution >= 0.6 is 11.6 Å². The van der Waals surface area contributed by atoms with Gasteiger partial charge in [-0.3, -0.25) is 9.88 Å². The SMILES string of the molecule is C=C[C@H]1CN2CCC1C[C@H]2[C@H](O)c1cc(C)nc2cc(Cl)c(OC)cc12. The van der Waals surface area contributed by atoms with Crippen LogP contribution in [0.15, 0.2) is 30.9 Å². The lowest BCUT2D eigenvalue weighted by molar-refractivity contribution is -0.0445. The zero-order valence-corrected chi connectivity index (χ0v) is 16.0. The highest BCUT2D eigenvalue weighted by Gasteiger charge is 2.42. The van der Waals surface area contributed by atoms with Crippen LogP contribution in [0.25, 0.3) is 10.9 Å². The third-order valence-electron chi connectivity index (χ3n) is 6.08. The number of aliphatic hydroxyl groups excluding tert-OH is 1. The summed E-state index contributed by atoms with van der Waals surface area (Å²) < 4.78 is 5.38. The minimum Gasteiger partial charge on any atom is -0.495 e. The number of methoxy groups -OCH3 is 1. The lowest BCUT2D eigenvalue weighted by Gasteiger charge is -2.50. The number of fused-ring (bicyclic) bond motifs is 4. The first kappa shape index (κ1) is 17.8. The Hall–Kier alpha value is -1.62. The number of ether oxygens (including phenoxy) is 1. The van der Waals surface area contributed by atoms with Crippen LogP contribution < -0.4 is 4.74 Å². The van der Waals surface area contributed by atoms with Crippen molar-refractivity contribution in [3.63, 3.8) is 0 Å². The molecule has 4 heterocycles. The Morgan fingerprint density at radius 2 is 2.23 bits per heavy atom. The quantitative estimate of drug-likeness (QED) is 0.819. The minimum absolute atomic E-state index is 0.136. The summed E-state index contributed by atoms with van der Waals surface area (Å²) in [5.41, 5.74) is 2.59. The zero-order valence-electron chi connectivity index (χ0n) is 15.3. The second kappa shape index (κ2) is 6.84. The number of halogens is 1. The highest BCUT2D eigenvalue weighted by Crippen LogP contribution is 2.43. The van der Waals surface area contributed by atoms with Gasteiger partial charge in [-0.2, -0.15) is 0 Å². The summed E-state index contributed by atoms with van der Waals surface area (Å²) in [7, 11) is 1.60. The molecule has 0 spiro atoms. The average molecular weight is 373 g/mol. The number of nitrogens with zero attached hydrogens (tertiary/aromatic N) is 2. The van der Waals surface area contributed by atoms with Gasteiger partial charge in [0.15, 0.2) is 0 Å². The summed E-state index contributed by atoms with van der Waals surface area (Å²) >= 11 is 6.27. The first-order chi connectivity index (χ1) is 12.5. The van der Waals surface area contributed by atoms with E-state index in [-0.39, 0.29) is 6.04 Å². The predicted molar refractivity (Wildman–Crippen MR) is 105 cm³/mol. The van der Waals surface area contributed by atoms with Crippen LogP contribution in [0.1, 0.15) is 30.2 Å². The van der Waals surface area contributed by atoms with Crippen LogP contribution in [0, 0.1) is 18.8 Å². The summed E-state index contributed by atoms with van der Waals surface area (Å²) in [6.07, 6.45) is 3.72. The van der Waals surface area contributed by atoms with Crippen LogP contribution in [0.4, 0.5) is 0 Å². The lowest BCUT2D eigenvalue weighted by Crippen LogP contribution is -2.54. The van der Waals surface area contributed by atoms with Gasteiger partial charge in [0, 0.05) is 23.7 Å². The van der Waals surface area contributed by atoms with Crippen molar-refractivity contribution in [3.05, 3.63) is 47.1 Å². The molecule has 3 aliphatic rings. The molecular weight excluding hydrogens is 348 g/mol. The van der Waals surface area contributed by atoms with Crippen molar-refractivity contribution in [3.8, 4) is 5.75 Å². The molecule has 4 nitrogen and oxygen atoms in total. The van der Waals surface area contributed by atoms with Crippen molar-refractivity contribution in [1.82, 2.24) is 9.88 Å². The molecule has 0 aliphatic carbocycles. The van der Waals surface area contributed by atoms with Crippen LogP contribution in [0.2, 0.25) is 5.02 Å². The Morgan fingerprint density at radius 1 is 1.42 bits per heavy atom. The number of pyridine rings is 1. The van der Waals surface area contributed by atoms with Crippen LogP contribution in [0.5, 0.6) is 5.75 Å². The summed E-state index contributed by atoms with van der Waals surface area (Å²) in [6, 6.07) is 5.84. The minimum atomic E-state index is -0.557. The number of aryl methyl sites for hydroxylation is 1. The molecular formula is C21H25ClN2O2. The topological polar surface area (TPSA) is 45.6 Å². The lowest BCUT2D eigenvalue weighted by atomic mass is 9.73. The Balaban J connectivity index is 1.75. The largest absolute Gasteiger partial charge is 0.495 e. The molecule has 1 aromatic carbocycles. The van der Waals surface area contributed by atoms with E-state index in [1.165, 1.54) is 6.42 Å². The Bertz CT molecular complexity index is 854. The fraction of sp³-hybridized carbons (Fsp3) is 0.476. The van der Waals surface area contributed by atoms with E-state index in [0.29, 0.717) is 22.6 Å². The van der Waals surface area contributed by atoms with Gasteiger partial charge < -0.3 is 9.84 Å². The van der Waals surface area contributed by atoms with Crippen molar-refractivity contribution in [2.24, 2.45) is 11.8 Å². The van der Waals surface area contributed by atoms with Crippen LogP contribution in [-0.4, -0.2) is 41.2 Å². The molecule has 5 heteroatoms. The molecule has 2 bridgehead atoms. The number of aromatic nitrogens is 1. The number of rotatable bonds is 4. The first-order valence-corrected chi connectivity index (χ1v) is 9.59. The van der Waals surface area contributed by atoms with Crippen molar-refractivity contribution in [2.45, 2.75) is 31.9 Å².